The SMILES string of the molecule is COCC(=O)N1CCN(c2nc3cc(Cl)ccc3c3nnc(COC)n23)CC1C. The van der Waals surface area contributed by atoms with E-state index in [-0.39, 0.29) is 18.6 Å². The fraction of sp³-hybridized carbons (Fsp3) is 0.474. The molecule has 3 aromatic rings. The van der Waals surface area contributed by atoms with Crippen LogP contribution in [0.15, 0.2) is 18.2 Å². The number of benzene rings is 1. The van der Waals surface area contributed by atoms with E-state index in [2.05, 4.69) is 15.1 Å². The van der Waals surface area contributed by atoms with E-state index < -0.39 is 0 Å². The number of anilines is 1. The average molecular weight is 419 g/mol. The molecule has 1 aliphatic rings. The highest BCUT2D eigenvalue weighted by Crippen LogP contribution is 2.28. The highest BCUT2D eigenvalue weighted by molar-refractivity contribution is 6.31. The van der Waals surface area contributed by atoms with E-state index in [1.807, 2.05) is 34.4 Å². The van der Waals surface area contributed by atoms with Gasteiger partial charge in [-0.3, -0.25) is 4.79 Å². The Morgan fingerprint density at radius 1 is 1.24 bits per heavy atom. The molecule has 10 heteroatoms. The lowest BCUT2D eigenvalue weighted by atomic mass is 10.2. The molecule has 1 saturated heterocycles. The van der Waals surface area contributed by atoms with Gasteiger partial charge in [0.15, 0.2) is 11.5 Å². The van der Waals surface area contributed by atoms with E-state index in [9.17, 15) is 4.79 Å². The smallest absolute Gasteiger partial charge is 0.248 e. The lowest BCUT2D eigenvalue weighted by molar-refractivity contribution is -0.137. The van der Waals surface area contributed by atoms with Gasteiger partial charge < -0.3 is 19.3 Å². The summed E-state index contributed by atoms with van der Waals surface area (Å²) < 4.78 is 12.2. The first kappa shape index (κ1) is 19.8. The second-order valence-corrected chi connectivity index (χ2v) is 7.53. The fourth-order valence-corrected chi connectivity index (χ4v) is 3.96. The summed E-state index contributed by atoms with van der Waals surface area (Å²) in [6.07, 6.45) is 0. The third-order valence-electron chi connectivity index (χ3n) is 5.12. The van der Waals surface area contributed by atoms with Gasteiger partial charge in [0.2, 0.25) is 11.9 Å². The van der Waals surface area contributed by atoms with Crippen molar-refractivity contribution in [3.63, 3.8) is 0 Å². The Morgan fingerprint density at radius 2 is 2.07 bits per heavy atom. The maximum Gasteiger partial charge on any atom is 0.248 e. The number of amides is 1. The molecule has 0 N–H and O–H groups in total. The molecule has 9 nitrogen and oxygen atoms in total. The van der Waals surface area contributed by atoms with Gasteiger partial charge in [-0.2, -0.15) is 0 Å². The summed E-state index contributed by atoms with van der Waals surface area (Å²) in [4.78, 5) is 21.2. The van der Waals surface area contributed by atoms with Gasteiger partial charge in [0.05, 0.1) is 5.52 Å². The van der Waals surface area contributed by atoms with Gasteiger partial charge >= 0.3 is 0 Å². The maximum atomic E-state index is 12.3. The van der Waals surface area contributed by atoms with Crippen LogP contribution in [0.2, 0.25) is 5.02 Å². The molecule has 1 fully saturated rings. The minimum absolute atomic E-state index is 0.00702. The standard InChI is InChI=1S/C19H23ClN6O3/c1-12-9-24(6-7-25(12)17(27)11-29-3)19-21-15-8-13(20)4-5-14(15)18-23-22-16(10-28-2)26(18)19/h4-5,8,12H,6-7,9-11H2,1-3H3. The van der Waals surface area contributed by atoms with E-state index in [0.717, 1.165) is 16.9 Å². The van der Waals surface area contributed by atoms with Crippen molar-refractivity contribution < 1.29 is 14.3 Å². The van der Waals surface area contributed by atoms with Crippen LogP contribution in [0.1, 0.15) is 12.7 Å². The number of piperazine rings is 1. The number of rotatable bonds is 5. The van der Waals surface area contributed by atoms with Crippen molar-refractivity contribution >= 4 is 40.0 Å². The molecule has 1 unspecified atom stereocenters. The van der Waals surface area contributed by atoms with Gasteiger partial charge in [0.25, 0.3) is 0 Å². The number of ether oxygens (including phenoxy) is 2. The summed E-state index contributed by atoms with van der Waals surface area (Å²) in [6.45, 7) is 4.28. The first-order chi connectivity index (χ1) is 14.0. The number of carbonyl (C=O) groups is 1. The van der Waals surface area contributed by atoms with Crippen LogP contribution >= 0.6 is 11.6 Å². The fourth-order valence-electron chi connectivity index (χ4n) is 3.80. The number of aromatic nitrogens is 4. The molecule has 0 aliphatic carbocycles. The number of hydrogen-bond donors (Lipinski definition) is 0. The predicted octanol–water partition coefficient (Wildman–Crippen LogP) is 1.76. The molecular weight excluding hydrogens is 396 g/mol. The van der Waals surface area contributed by atoms with Crippen LogP contribution in [-0.2, 0) is 20.9 Å². The molecule has 2 aromatic heterocycles. The van der Waals surface area contributed by atoms with Gasteiger partial charge in [0, 0.05) is 50.3 Å². The molecule has 154 valence electrons. The van der Waals surface area contributed by atoms with E-state index >= 15 is 0 Å². The second-order valence-electron chi connectivity index (χ2n) is 7.10. The molecule has 29 heavy (non-hydrogen) atoms. The molecule has 1 aromatic carbocycles. The number of nitrogens with zero attached hydrogens (tertiary/aromatic N) is 6. The van der Waals surface area contributed by atoms with Crippen LogP contribution in [0.5, 0.6) is 0 Å². The summed E-state index contributed by atoms with van der Waals surface area (Å²) in [5, 5.41) is 10.2. The van der Waals surface area contributed by atoms with Gasteiger partial charge in [-0.25, -0.2) is 9.38 Å². The zero-order valence-corrected chi connectivity index (χ0v) is 17.4. The largest absolute Gasteiger partial charge is 0.377 e. The Bertz CT molecular complexity index is 1060. The predicted molar refractivity (Wildman–Crippen MR) is 109 cm³/mol. The Labute approximate surface area is 173 Å². The zero-order valence-electron chi connectivity index (χ0n) is 16.6. The van der Waals surface area contributed by atoms with E-state index in [1.54, 1.807) is 7.11 Å². The van der Waals surface area contributed by atoms with Gasteiger partial charge in [0.1, 0.15) is 13.2 Å². The van der Waals surface area contributed by atoms with Gasteiger partial charge in [-0.1, -0.05) is 11.6 Å². The van der Waals surface area contributed by atoms with Crippen LogP contribution in [-0.4, -0.2) is 76.9 Å². The lowest BCUT2D eigenvalue weighted by Gasteiger charge is -2.40. The van der Waals surface area contributed by atoms with Crippen molar-refractivity contribution in [3.8, 4) is 0 Å². The molecular formula is C19H23ClN6O3. The topological polar surface area (TPSA) is 85.1 Å². The minimum atomic E-state index is -0.00702. The van der Waals surface area contributed by atoms with Crippen molar-refractivity contribution in [3.05, 3.63) is 29.0 Å². The Kier molecular flexibility index (Phi) is 5.53. The summed E-state index contributed by atoms with van der Waals surface area (Å²) >= 11 is 6.20. The van der Waals surface area contributed by atoms with Crippen molar-refractivity contribution in [1.29, 1.82) is 0 Å². The first-order valence-corrected chi connectivity index (χ1v) is 9.77. The average Bonchev–Trinajstić information content (AvgIpc) is 3.11. The molecule has 0 spiro atoms. The van der Waals surface area contributed by atoms with Crippen molar-refractivity contribution in [2.24, 2.45) is 0 Å². The van der Waals surface area contributed by atoms with Gasteiger partial charge in [-0.05, 0) is 25.1 Å². The number of methoxy groups -OCH3 is 2. The van der Waals surface area contributed by atoms with Crippen molar-refractivity contribution in [1.82, 2.24) is 24.5 Å². The minimum Gasteiger partial charge on any atom is -0.377 e. The third kappa shape index (κ3) is 3.61. The Hall–Kier alpha value is -2.49. The second kappa shape index (κ2) is 8.10. The molecule has 4 rings (SSSR count). The molecule has 0 radical (unpaired) electrons. The highest BCUT2D eigenvalue weighted by Gasteiger charge is 2.30. The number of fused-ring (bicyclic) bond motifs is 3. The Balaban J connectivity index is 1.77. The molecule has 3 heterocycles. The van der Waals surface area contributed by atoms with Crippen LogP contribution in [0.4, 0.5) is 5.95 Å². The molecule has 0 saturated carbocycles. The molecule has 1 amide bonds. The van der Waals surface area contributed by atoms with Crippen LogP contribution in [0.3, 0.4) is 0 Å². The van der Waals surface area contributed by atoms with E-state index in [4.69, 9.17) is 26.1 Å². The van der Waals surface area contributed by atoms with Gasteiger partial charge in [-0.15, -0.1) is 10.2 Å². The molecule has 1 aliphatic heterocycles. The normalized spacial score (nSPS) is 17.4. The summed E-state index contributed by atoms with van der Waals surface area (Å²) in [6, 6.07) is 5.56. The quantitative estimate of drug-likeness (QED) is 0.624. The summed E-state index contributed by atoms with van der Waals surface area (Å²) in [5.74, 6) is 1.39. The molecule has 0 bridgehead atoms. The lowest BCUT2D eigenvalue weighted by Crippen LogP contribution is -2.55. The van der Waals surface area contributed by atoms with Crippen LogP contribution < -0.4 is 4.90 Å². The number of halogens is 1. The third-order valence-corrected chi connectivity index (χ3v) is 5.36. The maximum absolute atomic E-state index is 12.3. The summed E-state index contributed by atoms with van der Waals surface area (Å²) in [7, 11) is 3.15. The summed E-state index contributed by atoms with van der Waals surface area (Å²) in [5.41, 5.74) is 1.46. The highest BCUT2D eigenvalue weighted by atomic mass is 35.5. The first-order valence-electron chi connectivity index (χ1n) is 9.39. The Morgan fingerprint density at radius 3 is 2.79 bits per heavy atom. The zero-order chi connectivity index (χ0) is 20.5. The monoisotopic (exact) mass is 418 g/mol. The van der Waals surface area contributed by atoms with Crippen LogP contribution in [0, 0.1) is 0 Å². The van der Waals surface area contributed by atoms with E-state index in [0.29, 0.717) is 42.7 Å². The van der Waals surface area contributed by atoms with Crippen molar-refractivity contribution in [2.45, 2.75) is 19.6 Å². The molecule has 1 atom stereocenters. The number of hydrogen-bond acceptors (Lipinski definition) is 7. The van der Waals surface area contributed by atoms with E-state index in [1.165, 1.54) is 7.11 Å². The number of carbonyl (C=O) groups excluding carboxylic acids is 1. The van der Waals surface area contributed by atoms with Crippen LogP contribution in [0.25, 0.3) is 16.6 Å². The van der Waals surface area contributed by atoms with Crippen molar-refractivity contribution in [2.75, 3.05) is 45.4 Å².